The summed E-state index contributed by atoms with van der Waals surface area (Å²) < 4.78 is 18.1. The van der Waals surface area contributed by atoms with Crippen molar-refractivity contribution in [2.24, 2.45) is 11.8 Å². The fourth-order valence-electron chi connectivity index (χ4n) is 4.15. The fraction of sp³-hybridized carbons (Fsp3) is 1.00. The Balaban J connectivity index is 0.000000774. The van der Waals surface area contributed by atoms with Gasteiger partial charge in [0.05, 0.1) is 18.3 Å². The summed E-state index contributed by atoms with van der Waals surface area (Å²) in [7, 11) is 0. The highest BCUT2D eigenvalue weighted by atomic mass is 16.5. The van der Waals surface area contributed by atoms with Crippen molar-refractivity contribution in [1.29, 1.82) is 0 Å². The SMILES string of the molecule is CC.CC1OCCCC1C1OCCCC1C1CCCCO1. The van der Waals surface area contributed by atoms with Crippen LogP contribution in [0.2, 0.25) is 0 Å². The van der Waals surface area contributed by atoms with Crippen molar-refractivity contribution in [3.05, 3.63) is 0 Å². The normalized spacial score (nSPS) is 41.0. The molecular formula is C18H34O3. The van der Waals surface area contributed by atoms with Crippen LogP contribution < -0.4 is 0 Å². The number of ether oxygens (including phenoxy) is 3. The van der Waals surface area contributed by atoms with Crippen molar-refractivity contribution >= 4 is 0 Å². The molecular weight excluding hydrogens is 264 g/mol. The van der Waals surface area contributed by atoms with E-state index in [0.717, 1.165) is 19.8 Å². The van der Waals surface area contributed by atoms with Gasteiger partial charge >= 0.3 is 0 Å². The van der Waals surface area contributed by atoms with Crippen LogP contribution in [0.1, 0.15) is 65.7 Å². The number of hydrogen-bond donors (Lipinski definition) is 0. The topological polar surface area (TPSA) is 27.7 Å². The quantitative estimate of drug-likeness (QED) is 0.765. The van der Waals surface area contributed by atoms with E-state index in [2.05, 4.69) is 6.92 Å². The van der Waals surface area contributed by atoms with E-state index in [1.807, 2.05) is 13.8 Å². The summed E-state index contributed by atoms with van der Waals surface area (Å²) in [5, 5.41) is 0. The summed E-state index contributed by atoms with van der Waals surface area (Å²) in [4.78, 5) is 0. The van der Waals surface area contributed by atoms with Crippen LogP contribution in [0.5, 0.6) is 0 Å². The monoisotopic (exact) mass is 298 g/mol. The van der Waals surface area contributed by atoms with Crippen LogP contribution in [0, 0.1) is 11.8 Å². The second-order valence-electron chi connectivity index (χ2n) is 6.43. The van der Waals surface area contributed by atoms with Crippen molar-refractivity contribution < 1.29 is 14.2 Å². The zero-order valence-corrected chi connectivity index (χ0v) is 14.2. The van der Waals surface area contributed by atoms with Gasteiger partial charge in [0.25, 0.3) is 0 Å². The first-order chi connectivity index (χ1) is 10.4. The van der Waals surface area contributed by atoms with Gasteiger partial charge in [-0.15, -0.1) is 0 Å². The first-order valence-corrected chi connectivity index (χ1v) is 9.21. The molecule has 0 spiro atoms. The molecule has 124 valence electrons. The van der Waals surface area contributed by atoms with Crippen LogP contribution in [0.15, 0.2) is 0 Å². The largest absolute Gasteiger partial charge is 0.378 e. The zero-order valence-electron chi connectivity index (χ0n) is 14.2. The molecule has 0 saturated carbocycles. The number of hydrogen-bond acceptors (Lipinski definition) is 3. The summed E-state index contributed by atoms with van der Waals surface area (Å²) in [6, 6.07) is 0. The molecule has 3 aliphatic heterocycles. The van der Waals surface area contributed by atoms with E-state index in [-0.39, 0.29) is 0 Å². The molecule has 5 unspecified atom stereocenters. The summed E-state index contributed by atoms with van der Waals surface area (Å²) in [6.07, 6.45) is 9.86. The van der Waals surface area contributed by atoms with Crippen molar-refractivity contribution in [2.45, 2.75) is 84.0 Å². The van der Waals surface area contributed by atoms with Gasteiger partial charge in [-0.2, -0.15) is 0 Å². The molecule has 3 aliphatic rings. The molecule has 3 nitrogen and oxygen atoms in total. The average molecular weight is 298 g/mol. The Morgan fingerprint density at radius 2 is 1.33 bits per heavy atom. The molecule has 0 radical (unpaired) electrons. The molecule has 0 aromatic heterocycles. The highest BCUT2D eigenvalue weighted by Crippen LogP contribution is 2.38. The maximum absolute atomic E-state index is 6.19. The van der Waals surface area contributed by atoms with E-state index in [4.69, 9.17) is 14.2 Å². The van der Waals surface area contributed by atoms with E-state index in [9.17, 15) is 0 Å². The molecule has 3 heteroatoms. The molecule has 0 amide bonds. The minimum atomic E-state index is 0.350. The van der Waals surface area contributed by atoms with E-state index in [1.54, 1.807) is 0 Å². The smallest absolute Gasteiger partial charge is 0.0680 e. The van der Waals surface area contributed by atoms with Gasteiger partial charge in [0.2, 0.25) is 0 Å². The van der Waals surface area contributed by atoms with E-state index >= 15 is 0 Å². The van der Waals surface area contributed by atoms with Crippen molar-refractivity contribution in [3.8, 4) is 0 Å². The van der Waals surface area contributed by atoms with Crippen LogP contribution in [0.25, 0.3) is 0 Å². The molecule has 3 heterocycles. The van der Waals surface area contributed by atoms with Gasteiger partial charge in [0.1, 0.15) is 0 Å². The zero-order chi connectivity index (χ0) is 15.1. The molecule has 0 bridgehead atoms. The third-order valence-corrected chi connectivity index (χ3v) is 5.19. The lowest BCUT2D eigenvalue weighted by molar-refractivity contribution is -0.158. The standard InChI is InChI=1S/C16H28O3.C2H6/c1-12-13(6-4-10-17-12)16-14(7-5-11-19-16)15-8-2-3-9-18-15;1-2/h12-16H,2-11H2,1H3;1-2H3. The Bertz CT molecular complexity index is 276. The summed E-state index contributed by atoms with van der Waals surface area (Å²) in [5.74, 6) is 1.17. The Labute approximate surface area is 130 Å². The minimum absolute atomic E-state index is 0.350. The minimum Gasteiger partial charge on any atom is -0.378 e. The lowest BCUT2D eigenvalue weighted by Gasteiger charge is -2.44. The lowest BCUT2D eigenvalue weighted by Crippen LogP contribution is -2.48. The Morgan fingerprint density at radius 1 is 0.667 bits per heavy atom. The maximum Gasteiger partial charge on any atom is 0.0680 e. The first kappa shape index (κ1) is 17.2. The second kappa shape index (κ2) is 9.12. The summed E-state index contributed by atoms with van der Waals surface area (Å²) in [5.41, 5.74) is 0. The highest BCUT2D eigenvalue weighted by molar-refractivity contribution is 4.90. The summed E-state index contributed by atoms with van der Waals surface area (Å²) >= 11 is 0. The highest BCUT2D eigenvalue weighted by Gasteiger charge is 2.41. The van der Waals surface area contributed by atoms with Crippen LogP contribution in [0.3, 0.4) is 0 Å². The Hall–Kier alpha value is -0.120. The number of rotatable bonds is 2. The molecule has 0 aromatic rings. The van der Waals surface area contributed by atoms with Crippen molar-refractivity contribution in [1.82, 2.24) is 0 Å². The van der Waals surface area contributed by atoms with Crippen LogP contribution in [0.4, 0.5) is 0 Å². The molecule has 3 fully saturated rings. The van der Waals surface area contributed by atoms with Crippen LogP contribution in [-0.2, 0) is 14.2 Å². The first-order valence-electron chi connectivity index (χ1n) is 9.21. The van der Waals surface area contributed by atoms with Gasteiger partial charge in [0.15, 0.2) is 0 Å². The van der Waals surface area contributed by atoms with Crippen molar-refractivity contribution in [3.63, 3.8) is 0 Å². The van der Waals surface area contributed by atoms with Crippen LogP contribution >= 0.6 is 0 Å². The lowest BCUT2D eigenvalue weighted by atomic mass is 9.76. The van der Waals surface area contributed by atoms with Gasteiger partial charge in [-0.1, -0.05) is 13.8 Å². The Morgan fingerprint density at radius 3 is 2.00 bits per heavy atom. The second-order valence-corrected chi connectivity index (χ2v) is 6.43. The molecule has 3 saturated heterocycles. The Kier molecular flexibility index (Phi) is 7.48. The maximum atomic E-state index is 6.19. The molecule has 3 rings (SSSR count). The third kappa shape index (κ3) is 4.43. The molecule has 0 aliphatic carbocycles. The molecule has 0 N–H and O–H groups in total. The van der Waals surface area contributed by atoms with E-state index in [1.165, 1.54) is 44.9 Å². The average Bonchev–Trinajstić information content (AvgIpc) is 2.58. The van der Waals surface area contributed by atoms with Gasteiger partial charge < -0.3 is 14.2 Å². The predicted octanol–water partition coefficient (Wildman–Crippen LogP) is 4.19. The third-order valence-electron chi connectivity index (χ3n) is 5.19. The fourth-order valence-corrected chi connectivity index (χ4v) is 4.15. The summed E-state index contributed by atoms with van der Waals surface area (Å²) in [6.45, 7) is 9.03. The van der Waals surface area contributed by atoms with E-state index in [0.29, 0.717) is 30.1 Å². The van der Waals surface area contributed by atoms with Crippen molar-refractivity contribution in [2.75, 3.05) is 19.8 Å². The van der Waals surface area contributed by atoms with Crippen LogP contribution in [-0.4, -0.2) is 38.1 Å². The molecule has 5 atom stereocenters. The predicted molar refractivity (Wildman–Crippen MR) is 85.5 cm³/mol. The molecule has 0 aromatic carbocycles. The van der Waals surface area contributed by atoms with Gasteiger partial charge in [0, 0.05) is 31.7 Å². The molecule has 21 heavy (non-hydrogen) atoms. The van der Waals surface area contributed by atoms with E-state index < -0.39 is 0 Å². The van der Waals surface area contributed by atoms with Gasteiger partial charge in [-0.3, -0.25) is 0 Å². The van der Waals surface area contributed by atoms with Gasteiger partial charge in [-0.05, 0) is 51.9 Å². The van der Waals surface area contributed by atoms with Gasteiger partial charge in [-0.25, -0.2) is 0 Å².